The second-order valence-electron chi connectivity index (χ2n) is 5.01. The number of nitrogens with zero attached hydrogens (tertiary/aromatic N) is 2. The molecule has 0 amide bonds. The monoisotopic (exact) mass is 332 g/mol. The molecule has 2 aromatic rings. The van der Waals surface area contributed by atoms with E-state index in [1.165, 1.54) is 35.0 Å². The zero-order valence-electron chi connectivity index (χ0n) is 12.6. The third-order valence-corrected chi connectivity index (χ3v) is 4.31. The van der Waals surface area contributed by atoms with E-state index in [0.717, 1.165) is 6.26 Å². The van der Waals surface area contributed by atoms with Crippen LogP contribution in [-0.4, -0.2) is 25.8 Å². The summed E-state index contributed by atoms with van der Waals surface area (Å²) >= 11 is 0. The molecule has 0 aliphatic heterocycles. The lowest BCUT2D eigenvalue weighted by atomic mass is 10.3. The third-order valence-electron chi connectivity index (χ3n) is 3.18. The van der Waals surface area contributed by atoms with Crippen molar-refractivity contribution in [3.63, 3.8) is 0 Å². The van der Waals surface area contributed by atoms with Gasteiger partial charge in [0.15, 0.2) is 9.84 Å². The van der Waals surface area contributed by atoms with E-state index in [-0.39, 0.29) is 10.5 Å². The van der Waals surface area contributed by atoms with Gasteiger partial charge in [0.05, 0.1) is 17.1 Å². The standard InChI is InChI=1S/C16H16N2O4S/c1-23(20,21)15-6-4-14(5-7-15)22-10-2-9-18-12-13(11-17)3-8-16(18)19/h3-8,12H,2,9-10H2,1H3. The molecule has 1 heterocycles. The lowest BCUT2D eigenvalue weighted by Gasteiger charge is -2.08. The molecule has 0 N–H and O–H groups in total. The number of aryl methyl sites for hydroxylation is 1. The average molecular weight is 332 g/mol. The minimum absolute atomic E-state index is 0.165. The molecule has 7 heteroatoms. The van der Waals surface area contributed by atoms with Crippen molar-refractivity contribution in [3.8, 4) is 11.8 Å². The van der Waals surface area contributed by atoms with Crippen molar-refractivity contribution in [2.75, 3.05) is 12.9 Å². The highest BCUT2D eigenvalue weighted by Crippen LogP contribution is 2.15. The number of hydrogen-bond acceptors (Lipinski definition) is 5. The van der Waals surface area contributed by atoms with Crippen LogP contribution in [0.3, 0.4) is 0 Å². The number of nitriles is 1. The predicted octanol–water partition coefficient (Wildman–Crippen LogP) is 1.59. The Morgan fingerprint density at radius 2 is 1.87 bits per heavy atom. The van der Waals surface area contributed by atoms with Crippen LogP contribution in [0.4, 0.5) is 0 Å². The third kappa shape index (κ3) is 4.69. The molecule has 23 heavy (non-hydrogen) atoms. The molecule has 0 fully saturated rings. The largest absolute Gasteiger partial charge is 0.494 e. The van der Waals surface area contributed by atoms with Gasteiger partial charge in [-0.2, -0.15) is 5.26 Å². The summed E-state index contributed by atoms with van der Waals surface area (Å²) < 4.78 is 29.7. The number of benzene rings is 1. The molecule has 0 atom stereocenters. The molecule has 0 aliphatic rings. The molecule has 1 aromatic heterocycles. The van der Waals surface area contributed by atoms with Gasteiger partial charge in [-0.3, -0.25) is 4.79 Å². The summed E-state index contributed by atoms with van der Waals surface area (Å²) in [6.07, 6.45) is 3.25. The van der Waals surface area contributed by atoms with E-state index in [2.05, 4.69) is 0 Å². The van der Waals surface area contributed by atoms with Gasteiger partial charge in [0.1, 0.15) is 11.8 Å². The molecule has 1 aromatic carbocycles. The topological polar surface area (TPSA) is 89.2 Å². The number of sulfone groups is 1. The number of ether oxygens (including phenoxy) is 1. The Balaban J connectivity index is 1.89. The van der Waals surface area contributed by atoms with Gasteiger partial charge in [-0.1, -0.05) is 0 Å². The first-order valence-electron chi connectivity index (χ1n) is 6.93. The lowest BCUT2D eigenvalue weighted by molar-refractivity contribution is 0.300. The highest BCUT2D eigenvalue weighted by atomic mass is 32.2. The van der Waals surface area contributed by atoms with Crippen molar-refractivity contribution in [3.05, 3.63) is 58.5 Å². The Hall–Kier alpha value is -2.59. The van der Waals surface area contributed by atoms with Crippen LogP contribution in [0, 0.1) is 11.3 Å². The molecule has 0 saturated carbocycles. The van der Waals surface area contributed by atoms with Crippen LogP contribution in [0.2, 0.25) is 0 Å². The summed E-state index contributed by atoms with van der Waals surface area (Å²) in [5.74, 6) is 0.565. The fourth-order valence-corrected chi connectivity index (χ4v) is 2.61. The van der Waals surface area contributed by atoms with Crippen molar-refractivity contribution < 1.29 is 13.2 Å². The van der Waals surface area contributed by atoms with Gasteiger partial charge < -0.3 is 9.30 Å². The van der Waals surface area contributed by atoms with E-state index < -0.39 is 9.84 Å². The maximum absolute atomic E-state index is 11.6. The molecule has 2 rings (SSSR count). The van der Waals surface area contributed by atoms with Gasteiger partial charge in [0, 0.05) is 25.1 Å². The van der Waals surface area contributed by atoms with Gasteiger partial charge in [0.25, 0.3) is 5.56 Å². The summed E-state index contributed by atoms with van der Waals surface area (Å²) in [6, 6.07) is 11.0. The van der Waals surface area contributed by atoms with E-state index in [1.54, 1.807) is 12.1 Å². The fraction of sp³-hybridized carbons (Fsp3) is 0.250. The summed E-state index contributed by atoms with van der Waals surface area (Å²) in [6.45, 7) is 0.817. The average Bonchev–Trinajstić information content (AvgIpc) is 2.52. The van der Waals surface area contributed by atoms with Gasteiger partial charge in [-0.15, -0.1) is 0 Å². The Morgan fingerprint density at radius 3 is 2.48 bits per heavy atom. The zero-order chi connectivity index (χ0) is 16.9. The SMILES string of the molecule is CS(=O)(=O)c1ccc(OCCCn2cc(C#N)ccc2=O)cc1. The van der Waals surface area contributed by atoms with Crippen molar-refractivity contribution in [2.24, 2.45) is 0 Å². The van der Waals surface area contributed by atoms with E-state index in [9.17, 15) is 13.2 Å². The highest BCUT2D eigenvalue weighted by Gasteiger charge is 2.06. The van der Waals surface area contributed by atoms with Crippen molar-refractivity contribution in [1.29, 1.82) is 5.26 Å². The van der Waals surface area contributed by atoms with E-state index >= 15 is 0 Å². The maximum atomic E-state index is 11.6. The van der Waals surface area contributed by atoms with Crippen molar-refractivity contribution in [2.45, 2.75) is 17.9 Å². The Morgan fingerprint density at radius 1 is 1.17 bits per heavy atom. The number of rotatable bonds is 6. The molecule has 0 saturated heterocycles. The second-order valence-corrected chi connectivity index (χ2v) is 7.02. The first-order valence-corrected chi connectivity index (χ1v) is 8.83. The number of hydrogen-bond donors (Lipinski definition) is 0. The molecule has 6 nitrogen and oxygen atoms in total. The van der Waals surface area contributed by atoms with E-state index in [4.69, 9.17) is 10.00 Å². The van der Waals surface area contributed by atoms with E-state index in [1.807, 2.05) is 6.07 Å². The first kappa shape index (κ1) is 16.8. The number of pyridine rings is 1. The van der Waals surface area contributed by atoms with E-state index in [0.29, 0.717) is 30.9 Å². The summed E-state index contributed by atoms with van der Waals surface area (Å²) in [7, 11) is -3.21. The molecule has 0 spiro atoms. The normalized spacial score (nSPS) is 11.0. The van der Waals surface area contributed by atoms with Crippen LogP contribution in [-0.2, 0) is 16.4 Å². The van der Waals surface area contributed by atoms with Crippen molar-refractivity contribution >= 4 is 9.84 Å². The molecule has 120 valence electrons. The minimum atomic E-state index is -3.21. The lowest BCUT2D eigenvalue weighted by Crippen LogP contribution is -2.19. The van der Waals surface area contributed by atoms with Gasteiger partial charge in [0.2, 0.25) is 0 Å². The summed E-state index contributed by atoms with van der Waals surface area (Å²) in [4.78, 5) is 11.9. The minimum Gasteiger partial charge on any atom is -0.494 e. The van der Waals surface area contributed by atoms with Gasteiger partial charge in [-0.25, -0.2) is 8.42 Å². The van der Waals surface area contributed by atoms with Crippen LogP contribution in [0.5, 0.6) is 5.75 Å². The molecule has 0 bridgehead atoms. The second kappa shape index (κ2) is 7.11. The smallest absolute Gasteiger partial charge is 0.250 e. The molecular weight excluding hydrogens is 316 g/mol. The van der Waals surface area contributed by atoms with Crippen LogP contribution < -0.4 is 10.3 Å². The quantitative estimate of drug-likeness (QED) is 0.750. The van der Waals surface area contributed by atoms with Gasteiger partial charge >= 0.3 is 0 Å². The van der Waals surface area contributed by atoms with Crippen LogP contribution >= 0.6 is 0 Å². The Labute approximate surface area is 134 Å². The summed E-state index contributed by atoms with van der Waals surface area (Å²) in [5, 5.41) is 8.82. The van der Waals surface area contributed by atoms with Crippen LogP contribution in [0.15, 0.2) is 52.3 Å². The fourth-order valence-electron chi connectivity index (χ4n) is 1.98. The molecule has 0 unspecified atom stereocenters. The molecule has 0 aliphatic carbocycles. The maximum Gasteiger partial charge on any atom is 0.250 e. The predicted molar refractivity (Wildman–Crippen MR) is 85.1 cm³/mol. The summed E-state index contributed by atoms with van der Waals surface area (Å²) in [5.41, 5.74) is 0.267. The van der Waals surface area contributed by atoms with Crippen molar-refractivity contribution in [1.82, 2.24) is 4.57 Å². The molecule has 0 radical (unpaired) electrons. The highest BCUT2D eigenvalue weighted by molar-refractivity contribution is 7.90. The Kier molecular flexibility index (Phi) is 5.19. The first-order chi connectivity index (χ1) is 10.9. The van der Waals surface area contributed by atoms with Crippen LogP contribution in [0.1, 0.15) is 12.0 Å². The Bertz CT molecular complexity index is 878. The molecular formula is C16H16N2O4S. The number of aromatic nitrogens is 1. The zero-order valence-corrected chi connectivity index (χ0v) is 13.4. The van der Waals surface area contributed by atoms with Gasteiger partial charge in [-0.05, 0) is 36.8 Å². The van der Waals surface area contributed by atoms with Crippen LogP contribution in [0.25, 0.3) is 0 Å².